The van der Waals surface area contributed by atoms with Crippen LogP contribution < -0.4 is 5.32 Å². The van der Waals surface area contributed by atoms with E-state index < -0.39 is 0 Å². The van der Waals surface area contributed by atoms with Gasteiger partial charge in [0.1, 0.15) is 4.83 Å². The molecule has 23 heavy (non-hydrogen) atoms. The second kappa shape index (κ2) is 6.16. The fraction of sp³-hybridized carbons (Fsp3) is 0.263. The van der Waals surface area contributed by atoms with Crippen molar-refractivity contribution in [1.29, 1.82) is 0 Å². The van der Waals surface area contributed by atoms with E-state index in [2.05, 4.69) is 58.6 Å². The lowest BCUT2D eigenvalue weighted by Gasteiger charge is -2.16. The summed E-state index contributed by atoms with van der Waals surface area (Å²) in [5.74, 6) is 0. The lowest BCUT2D eigenvalue weighted by atomic mass is 10.1. The molecule has 0 fully saturated rings. The van der Waals surface area contributed by atoms with Crippen LogP contribution in [0.3, 0.4) is 0 Å². The lowest BCUT2D eigenvalue weighted by molar-refractivity contribution is 0.614. The number of rotatable bonds is 3. The predicted molar refractivity (Wildman–Crippen MR) is 100 cm³/mol. The smallest absolute Gasteiger partial charge is 0.105 e. The topological polar surface area (TPSA) is 17.0 Å². The quantitative estimate of drug-likeness (QED) is 0.706. The average Bonchev–Trinajstić information content (AvgIpc) is 3.07. The summed E-state index contributed by atoms with van der Waals surface area (Å²) in [5.41, 5.74) is 5.39. The van der Waals surface area contributed by atoms with Crippen molar-refractivity contribution in [2.45, 2.75) is 26.4 Å². The summed E-state index contributed by atoms with van der Waals surface area (Å²) in [6.45, 7) is 5.00. The molecule has 0 atom stereocenters. The van der Waals surface area contributed by atoms with Crippen molar-refractivity contribution in [3.05, 3.63) is 63.1 Å². The van der Waals surface area contributed by atoms with Gasteiger partial charge in [-0.1, -0.05) is 53.6 Å². The predicted octanol–water partition coefficient (Wildman–Crippen LogP) is 5.02. The Morgan fingerprint density at radius 2 is 2.30 bits per heavy atom. The molecule has 0 saturated carbocycles. The van der Waals surface area contributed by atoms with E-state index in [0.717, 1.165) is 31.1 Å². The van der Waals surface area contributed by atoms with Crippen molar-refractivity contribution in [3.8, 4) is 0 Å². The molecule has 1 N–H and O–H groups in total. The summed E-state index contributed by atoms with van der Waals surface area (Å²) in [4.78, 5) is 1.30. The highest BCUT2D eigenvalue weighted by Crippen LogP contribution is 2.38. The number of hydrogen-bond donors (Lipinski definition) is 1. The van der Waals surface area contributed by atoms with Crippen LogP contribution in [0.4, 0.5) is 0 Å². The van der Waals surface area contributed by atoms with E-state index in [1.165, 1.54) is 32.6 Å². The average molecular weight is 343 g/mol. The Balaban J connectivity index is 1.69. The Bertz CT molecular complexity index is 888. The fourth-order valence-corrected chi connectivity index (χ4v) is 4.78. The number of aromatic nitrogens is 1. The van der Waals surface area contributed by atoms with Crippen molar-refractivity contribution >= 4 is 39.2 Å². The van der Waals surface area contributed by atoms with Crippen molar-refractivity contribution in [2.24, 2.45) is 0 Å². The Kier molecular flexibility index (Phi) is 4.02. The molecule has 2 nitrogen and oxygen atoms in total. The van der Waals surface area contributed by atoms with E-state index in [0.29, 0.717) is 0 Å². The first-order valence-electron chi connectivity index (χ1n) is 7.95. The van der Waals surface area contributed by atoms with E-state index in [1.54, 1.807) is 11.3 Å². The number of aryl methyl sites for hydroxylation is 1. The Morgan fingerprint density at radius 3 is 3.17 bits per heavy atom. The summed E-state index contributed by atoms with van der Waals surface area (Å²) < 4.78 is 2.44. The molecule has 1 aromatic carbocycles. The maximum Gasteiger partial charge on any atom is 0.105 e. The standard InChI is InChI=1S/C19H19ClN2S/c1-13-4-2-5-14(10-13)6-3-9-22-17-7-8-21-11-15(17)18-16(20)12-23-19(18)22/h2-6,10,12,21H,7-9,11H2,1H3. The van der Waals surface area contributed by atoms with Crippen LogP contribution in [0.5, 0.6) is 0 Å². The molecule has 0 amide bonds. The monoisotopic (exact) mass is 342 g/mol. The van der Waals surface area contributed by atoms with Crippen molar-refractivity contribution in [2.75, 3.05) is 6.54 Å². The van der Waals surface area contributed by atoms with E-state index in [1.807, 2.05) is 0 Å². The highest BCUT2D eigenvalue weighted by Gasteiger charge is 2.22. The van der Waals surface area contributed by atoms with Gasteiger partial charge in [-0.25, -0.2) is 0 Å². The number of nitrogens with one attached hydrogen (secondary N) is 1. The van der Waals surface area contributed by atoms with Crippen LogP contribution in [0.2, 0.25) is 5.02 Å². The van der Waals surface area contributed by atoms with Gasteiger partial charge in [0.05, 0.1) is 5.02 Å². The third-order valence-electron chi connectivity index (χ3n) is 4.43. The number of nitrogens with zero attached hydrogens (tertiary/aromatic N) is 1. The number of allylic oxidation sites excluding steroid dienone is 1. The van der Waals surface area contributed by atoms with Crippen LogP contribution in [0.25, 0.3) is 16.3 Å². The summed E-state index contributed by atoms with van der Waals surface area (Å²) in [7, 11) is 0. The Morgan fingerprint density at radius 1 is 1.39 bits per heavy atom. The lowest BCUT2D eigenvalue weighted by Crippen LogP contribution is -2.24. The van der Waals surface area contributed by atoms with Gasteiger partial charge in [0.2, 0.25) is 0 Å². The third-order valence-corrected chi connectivity index (χ3v) is 5.86. The van der Waals surface area contributed by atoms with Crippen LogP contribution in [-0.4, -0.2) is 11.1 Å². The van der Waals surface area contributed by atoms with Crippen LogP contribution in [0.15, 0.2) is 35.7 Å². The number of fused-ring (bicyclic) bond motifs is 3. The highest BCUT2D eigenvalue weighted by molar-refractivity contribution is 7.17. The molecule has 1 aliphatic heterocycles. The van der Waals surface area contributed by atoms with Gasteiger partial charge in [0, 0.05) is 42.5 Å². The molecular formula is C19H19ClN2S. The van der Waals surface area contributed by atoms with Gasteiger partial charge < -0.3 is 9.88 Å². The number of thiophene rings is 1. The molecule has 4 heteroatoms. The molecule has 0 radical (unpaired) electrons. The zero-order valence-corrected chi connectivity index (χ0v) is 14.7. The van der Waals surface area contributed by atoms with Gasteiger partial charge >= 0.3 is 0 Å². The SMILES string of the molecule is Cc1cccc(C=CCn2c3c(c4c(Cl)csc42)CNCC3)c1. The van der Waals surface area contributed by atoms with Gasteiger partial charge in [0.25, 0.3) is 0 Å². The molecular weight excluding hydrogens is 324 g/mol. The first kappa shape index (κ1) is 15.0. The third kappa shape index (κ3) is 2.74. The zero-order valence-electron chi connectivity index (χ0n) is 13.1. The molecule has 0 saturated heterocycles. The summed E-state index contributed by atoms with van der Waals surface area (Å²) in [6.07, 6.45) is 5.54. The molecule has 3 heterocycles. The minimum atomic E-state index is 0.895. The number of halogens is 1. The molecule has 0 aliphatic carbocycles. The van der Waals surface area contributed by atoms with Gasteiger partial charge in [-0.2, -0.15) is 0 Å². The van der Waals surface area contributed by atoms with E-state index >= 15 is 0 Å². The van der Waals surface area contributed by atoms with Crippen LogP contribution in [0.1, 0.15) is 22.4 Å². The number of hydrogen-bond acceptors (Lipinski definition) is 2. The normalized spacial score (nSPS) is 14.7. The molecule has 4 rings (SSSR count). The Hall–Kier alpha value is -1.55. The minimum absolute atomic E-state index is 0.895. The van der Waals surface area contributed by atoms with E-state index in [4.69, 9.17) is 11.6 Å². The largest absolute Gasteiger partial charge is 0.332 e. The first-order chi connectivity index (χ1) is 11.2. The molecule has 118 valence electrons. The molecule has 0 unspecified atom stereocenters. The van der Waals surface area contributed by atoms with Gasteiger partial charge in [0.15, 0.2) is 0 Å². The maximum absolute atomic E-state index is 6.42. The fourth-order valence-electron chi connectivity index (χ4n) is 3.39. The molecule has 0 spiro atoms. The molecule has 0 bridgehead atoms. The molecule has 3 aromatic rings. The van der Waals surface area contributed by atoms with Crippen LogP contribution >= 0.6 is 22.9 Å². The van der Waals surface area contributed by atoms with Crippen molar-refractivity contribution < 1.29 is 0 Å². The minimum Gasteiger partial charge on any atom is -0.332 e. The van der Waals surface area contributed by atoms with Gasteiger partial charge in [-0.05, 0) is 18.1 Å². The second-order valence-corrected chi connectivity index (χ2v) is 7.31. The summed E-state index contributed by atoms with van der Waals surface area (Å²) >= 11 is 8.17. The van der Waals surface area contributed by atoms with Crippen molar-refractivity contribution in [3.63, 3.8) is 0 Å². The van der Waals surface area contributed by atoms with Crippen LogP contribution in [0, 0.1) is 6.92 Å². The number of benzene rings is 1. The van der Waals surface area contributed by atoms with E-state index in [-0.39, 0.29) is 0 Å². The van der Waals surface area contributed by atoms with Gasteiger partial charge in [-0.3, -0.25) is 0 Å². The molecule has 2 aromatic heterocycles. The second-order valence-electron chi connectivity index (χ2n) is 6.04. The zero-order chi connectivity index (χ0) is 15.8. The Labute approximate surface area is 145 Å². The van der Waals surface area contributed by atoms with Crippen LogP contribution in [-0.2, 0) is 19.5 Å². The molecule has 1 aliphatic rings. The van der Waals surface area contributed by atoms with Crippen molar-refractivity contribution in [1.82, 2.24) is 9.88 Å². The van der Waals surface area contributed by atoms with Gasteiger partial charge in [-0.15, -0.1) is 11.3 Å². The first-order valence-corrected chi connectivity index (χ1v) is 9.20. The maximum atomic E-state index is 6.42. The summed E-state index contributed by atoms with van der Waals surface area (Å²) in [6, 6.07) is 8.60. The summed E-state index contributed by atoms with van der Waals surface area (Å²) in [5, 5.41) is 7.67. The van der Waals surface area contributed by atoms with E-state index in [9.17, 15) is 0 Å². The highest BCUT2D eigenvalue weighted by atomic mass is 35.5.